The first-order valence-corrected chi connectivity index (χ1v) is 7.82. The van der Waals surface area contributed by atoms with Gasteiger partial charge in [0.1, 0.15) is 17.4 Å². The van der Waals surface area contributed by atoms with Gasteiger partial charge in [-0.2, -0.15) is 5.10 Å². The third kappa shape index (κ3) is 3.54. The number of hydrogen-bond acceptors (Lipinski definition) is 5. The molecule has 0 spiro atoms. The van der Waals surface area contributed by atoms with Crippen LogP contribution in [0, 0.1) is 6.92 Å². The highest BCUT2D eigenvalue weighted by Gasteiger charge is 2.12. The van der Waals surface area contributed by atoms with Gasteiger partial charge in [0.05, 0.1) is 22.1 Å². The van der Waals surface area contributed by atoms with Crippen LogP contribution in [-0.2, 0) is 11.3 Å². The maximum Gasteiger partial charge on any atom is 0.287 e. The van der Waals surface area contributed by atoms with E-state index in [1.54, 1.807) is 19.1 Å². The van der Waals surface area contributed by atoms with Crippen molar-refractivity contribution in [3.63, 3.8) is 0 Å². The fraction of sp³-hybridized carbons (Fsp3) is 0.133. The molecular formula is C15H11Cl2N5O3. The molecule has 3 rings (SSSR count). The van der Waals surface area contributed by atoms with E-state index in [1.807, 2.05) is 0 Å². The first-order valence-electron chi connectivity index (χ1n) is 7.07. The zero-order chi connectivity index (χ0) is 18.1. The number of halogens is 2. The Morgan fingerprint density at radius 1 is 1.32 bits per heavy atom. The SMILES string of the molecule is Cc1nc2ccc(NC(=O)Cn3ncc(Cl)c(Cl)c3=O)cc2c(=O)[nH]1. The normalized spacial score (nSPS) is 10.8. The number of hydrogen-bond donors (Lipinski definition) is 2. The maximum absolute atomic E-state index is 12.1. The molecule has 1 aromatic carbocycles. The van der Waals surface area contributed by atoms with E-state index in [1.165, 1.54) is 12.3 Å². The number of rotatable bonds is 3. The van der Waals surface area contributed by atoms with Crippen molar-refractivity contribution in [2.75, 3.05) is 5.32 Å². The number of benzene rings is 1. The number of nitrogens with one attached hydrogen (secondary N) is 2. The lowest BCUT2D eigenvalue weighted by atomic mass is 10.2. The average Bonchev–Trinajstić information content (AvgIpc) is 2.56. The molecule has 10 heteroatoms. The van der Waals surface area contributed by atoms with Crippen LogP contribution >= 0.6 is 23.2 Å². The summed E-state index contributed by atoms with van der Waals surface area (Å²) in [6.45, 7) is 1.33. The topological polar surface area (TPSA) is 110 Å². The Bertz CT molecular complexity index is 1110. The summed E-state index contributed by atoms with van der Waals surface area (Å²) < 4.78 is 0.891. The fourth-order valence-corrected chi connectivity index (χ4v) is 2.50. The number of anilines is 1. The Morgan fingerprint density at radius 2 is 2.08 bits per heavy atom. The summed E-state index contributed by atoms with van der Waals surface area (Å²) in [7, 11) is 0. The molecular weight excluding hydrogens is 369 g/mol. The van der Waals surface area contributed by atoms with E-state index in [0.29, 0.717) is 22.4 Å². The van der Waals surface area contributed by atoms with Crippen LogP contribution in [0.2, 0.25) is 10.0 Å². The van der Waals surface area contributed by atoms with Crippen molar-refractivity contribution in [2.45, 2.75) is 13.5 Å². The van der Waals surface area contributed by atoms with Gasteiger partial charge in [-0.1, -0.05) is 23.2 Å². The molecule has 0 saturated carbocycles. The first-order chi connectivity index (χ1) is 11.8. The molecule has 0 atom stereocenters. The van der Waals surface area contributed by atoms with Gasteiger partial charge in [0.2, 0.25) is 5.91 Å². The standard InChI is InChI=1S/C15H11Cl2N5O3/c1-7-19-11-3-2-8(4-9(11)14(24)20-7)21-12(23)6-22-15(25)13(17)10(16)5-18-22/h2-5H,6H2,1H3,(H,21,23)(H,19,20,24). The summed E-state index contributed by atoms with van der Waals surface area (Å²) in [4.78, 5) is 42.7. The van der Waals surface area contributed by atoms with Gasteiger partial charge in [-0.3, -0.25) is 14.4 Å². The molecule has 8 nitrogen and oxygen atoms in total. The number of aromatic amines is 1. The molecule has 2 aromatic heterocycles. The largest absolute Gasteiger partial charge is 0.324 e. The van der Waals surface area contributed by atoms with Crippen LogP contribution in [0.25, 0.3) is 10.9 Å². The van der Waals surface area contributed by atoms with Crippen molar-refractivity contribution in [1.82, 2.24) is 19.7 Å². The van der Waals surface area contributed by atoms with Crippen molar-refractivity contribution in [3.8, 4) is 0 Å². The van der Waals surface area contributed by atoms with Crippen molar-refractivity contribution in [1.29, 1.82) is 0 Å². The molecule has 0 fully saturated rings. The number of fused-ring (bicyclic) bond motifs is 1. The summed E-state index contributed by atoms with van der Waals surface area (Å²) in [5.41, 5.74) is -0.0664. The van der Waals surface area contributed by atoms with Crippen LogP contribution in [-0.4, -0.2) is 25.7 Å². The molecule has 0 aliphatic carbocycles. The number of H-pyrrole nitrogens is 1. The highest BCUT2D eigenvalue weighted by molar-refractivity contribution is 6.41. The molecule has 0 aliphatic rings. The zero-order valence-corrected chi connectivity index (χ0v) is 14.4. The van der Waals surface area contributed by atoms with Gasteiger partial charge in [0.25, 0.3) is 11.1 Å². The van der Waals surface area contributed by atoms with Crippen LogP contribution in [0.1, 0.15) is 5.82 Å². The number of aromatic nitrogens is 4. The molecule has 0 unspecified atom stereocenters. The monoisotopic (exact) mass is 379 g/mol. The van der Waals surface area contributed by atoms with E-state index in [9.17, 15) is 14.4 Å². The average molecular weight is 380 g/mol. The molecule has 0 radical (unpaired) electrons. The summed E-state index contributed by atoms with van der Waals surface area (Å²) in [6, 6.07) is 4.73. The van der Waals surface area contributed by atoms with Crippen molar-refractivity contribution >= 4 is 45.7 Å². The second-order valence-electron chi connectivity index (χ2n) is 5.20. The van der Waals surface area contributed by atoms with E-state index in [2.05, 4.69) is 20.4 Å². The quantitative estimate of drug-likeness (QED) is 0.719. The Hall–Kier alpha value is -2.71. The summed E-state index contributed by atoms with van der Waals surface area (Å²) in [5, 5.41) is 6.50. The molecule has 0 saturated heterocycles. The molecule has 2 N–H and O–H groups in total. The highest BCUT2D eigenvalue weighted by atomic mass is 35.5. The molecule has 2 heterocycles. The molecule has 0 bridgehead atoms. The molecule has 0 aliphatic heterocycles. The van der Waals surface area contributed by atoms with Crippen molar-refractivity contribution in [2.24, 2.45) is 0 Å². The number of amides is 1. The zero-order valence-electron chi connectivity index (χ0n) is 12.8. The molecule has 3 aromatic rings. The van der Waals surface area contributed by atoms with Crippen LogP contribution in [0.5, 0.6) is 0 Å². The summed E-state index contributed by atoms with van der Waals surface area (Å²) >= 11 is 11.4. The predicted molar refractivity (Wildman–Crippen MR) is 94.2 cm³/mol. The Labute approximate surface area is 150 Å². The van der Waals surface area contributed by atoms with Gasteiger partial charge in [-0.05, 0) is 25.1 Å². The van der Waals surface area contributed by atoms with Gasteiger partial charge in [-0.25, -0.2) is 9.67 Å². The van der Waals surface area contributed by atoms with Crippen molar-refractivity contribution in [3.05, 3.63) is 61.0 Å². The Morgan fingerprint density at radius 3 is 2.84 bits per heavy atom. The lowest BCUT2D eigenvalue weighted by Gasteiger charge is -2.08. The van der Waals surface area contributed by atoms with E-state index >= 15 is 0 Å². The number of nitrogens with zero attached hydrogens (tertiary/aromatic N) is 3. The maximum atomic E-state index is 12.1. The highest BCUT2D eigenvalue weighted by Crippen LogP contribution is 2.16. The number of carbonyl (C=O) groups excluding carboxylic acids is 1. The van der Waals surface area contributed by atoms with E-state index in [4.69, 9.17) is 23.2 Å². The molecule has 1 amide bonds. The second kappa shape index (κ2) is 6.66. The number of aryl methyl sites for hydroxylation is 1. The minimum Gasteiger partial charge on any atom is -0.324 e. The molecule has 128 valence electrons. The molecule has 25 heavy (non-hydrogen) atoms. The third-order valence-corrected chi connectivity index (χ3v) is 4.09. The lowest BCUT2D eigenvalue weighted by Crippen LogP contribution is -2.29. The minimum atomic E-state index is -0.668. The fourth-order valence-electron chi connectivity index (χ4n) is 2.23. The minimum absolute atomic E-state index is 0.0138. The lowest BCUT2D eigenvalue weighted by molar-refractivity contribution is -0.117. The van der Waals surface area contributed by atoms with Gasteiger partial charge in [0, 0.05) is 5.69 Å². The third-order valence-electron chi connectivity index (χ3n) is 3.34. The smallest absolute Gasteiger partial charge is 0.287 e. The van der Waals surface area contributed by atoms with Gasteiger partial charge in [0.15, 0.2) is 0 Å². The van der Waals surface area contributed by atoms with Gasteiger partial charge in [-0.15, -0.1) is 0 Å². The van der Waals surface area contributed by atoms with Crippen LogP contribution in [0.4, 0.5) is 5.69 Å². The first kappa shape index (κ1) is 17.1. The Balaban J connectivity index is 1.84. The van der Waals surface area contributed by atoms with E-state index in [0.717, 1.165) is 4.68 Å². The predicted octanol–water partition coefficient (Wildman–Crippen LogP) is 1.73. The van der Waals surface area contributed by atoms with E-state index in [-0.39, 0.29) is 22.1 Å². The van der Waals surface area contributed by atoms with Crippen LogP contribution in [0.15, 0.2) is 34.0 Å². The van der Waals surface area contributed by atoms with Crippen LogP contribution in [0.3, 0.4) is 0 Å². The Kier molecular flexibility index (Phi) is 4.56. The van der Waals surface area contributed by atoms with Gasteiger partial charge >= 0.3 is 0 Å². The number of carbonyl (C=O) groups is 1. The van der Waals surface area contributed by atoms with Gasteiger partial charge < -0.3 is 10.3 Å². The summed E-state index contributed by atoms with van der Waals surface area (Å²) in [5.74, 6) is -0.0109. The second-order valence-corrected chi connectivity index (χ2v) is 5.99. The summed E-state index contributed by atoms with van der Waals surface area (Å²) in [6.07, 6.45) is 1.18. The van der Waals surface area contributed by atoms with E-state index < -0.39 is 11.5 Å². The van der Waals surface area contributed by atoms with Crippen LogP contribution < -0.4 is 16.4 Å². The van der Waals surface area contributed by atoms with Crippen molar-refractivity contribution < 1.29 is 4.79 Å².